The van der Waals surface area contributed by atoms with Crippen molar-refractivity contribution < 1.29 is 13.9 Å². The number of ether oxygens (including phenoxy) is 1. The Balaban J connectivity index is 1.30. The van der Waals surface area contributed by atoms with Gasteiger partial charge >= 0.3 is 6.01 Å². The first-order chi connectivity index (χ1) is 19.5. The number of carbonyl (C=O) groups excluding carboxylic acids is 1. The molecule has 1 aliphatic heterocycles. The van der Waals surface area contributed by atoms with Gasteiger partial charge in [-0.1, -0.05) is 30.7 Å². The molecule has 10 heteroatoms. The van der Waals surface area contributed by atoms with E-state index in [1.165, 1.54) is 37.7 Å². The number of carbonyl (C=O) groups is 1. The van der Waals surface area contributed by atoms with Crippen LogP contribution in [0.25, 0.3) is 22.4 Å². The van der Waals surface area contributed by atoms with Crippen LogP contribution in [-0.2, 0) is 4.79 Å². The van der Waals surface area contributed by atoms with Crippen molar-refractivity contribution in [1.29, 1.82) is 0 Å². The van der Waals surface area contributed by atoms with Gasteiger partial charge in [0.2, 0.25) is 5.91 Å². The zero-order chi connectivity index (χ0) is 27.9. The number of nitrogens with two attached hydrogens (primary N) is 1. The molecule has 0 saturated carbocycles. The highest BCUT2D eigenvalue weighted by Gasteiger charge is 2.17. The maximum Gasteiger partial charge on any atom is 0.322 e. The lowest BCUT2D eigenvalue weighted by Gasteiger charge is -2.24. The SMILES string of the molecule is Cc1ccnc(Oc2ccc(-c3c(N)ncnc3-c3ccc(NC(=O)/C=C/CN4CCCCC4)cc3)cc2F)n1. The molecule has 1 aliphatic rings. The third-order valence-corrected chi connectivity index (χ3v) is 6.58. The van der Waals surface area contributed by atoms with Gasteiger partial charge in [-0.25, -0.2) is 24.3 Å². The number of piperidine rings is 1. The topological polar surface area (TPSA) is 119 Å². The fraction of sp³-hybridized carbons (Fsp3) is 0.233. The average Bonchev–Trinajstić information content (AvgIpc) is 2.95. The summed E-state index contributed by atoms with van der Waals surface area (Å²) in [7, 11) is 0. The summed E-state index contributed by atoms with van der Waals surface area (Å²) < 4.78 is 20.6. The van der Waals surface area contributed by atoms with E-state index in [-0.39, 0.29) is 23.5 Å². The summed E-state index contributed by atoms with van der Waals surface area (Å²) in [6.07, 6.45) is 10.1. The molecule has 1 amide bonds. The lowest BCUT2D eigenvalue weighted by molar-refractivity contribution is -0.111. The highest BCUT2D eigenvalue weighted by Crippen LogP contribution is 2.36. The Morgan fingerprint density at radius 1 is 1.05 bits per heavy atom. The fourth-order valence-corrected chi connectivity index (χ4v) is 4.56. The van der Waals surface area contributed by atoms with Gasteiger partial charge in [0.05, 0.1) is 11.3 Å². The molecule has 4 aromatic rings. The zero-order valence-corrected chi connectivity index (χ0v) is 22.2. The summed E-state index contributed by atoms with van der Waals surface area (Å²) in [5.41, 5.74) is 9.80. The molecule has 0 unspecified atom stereocenters. The number of benzene rings is 2. The summed E-state index contributed by atoms with van der Waals surface area (Å²) in [6.45, 7) is 4.73. The molecule has 3 heterocycles. The number of nitrogens with one attached hydrogen (secondary N) is 1. The lowest BCUT2D eigenvalue weighted by atomic mass is 9.99. The molecule has 5 rings (SSSR count). The van der Waals surface area contributed by atoms with Gasteiger partial charge in [0.25, 0.3) is 0 Å². The van der Waals surface area contributed by atoms with E-state index >= 15 is 4.39 Å². The van der Waals surface area contributed by atoms with Crippen LogP contribution in [-0.4, -0.2) is 50.4 Å². The third-order valence-electron chi connectivity index (χ3n) is 6.58. The Morgan fingerprint density at radius 3 is 2.58 bits per heavy atom. The third kappa shape index (κ3) is 6.65. The molecule has 204 valence electrons. The minimum atomic E-state index is -0.608. The first-order valence-electron chi connectivity index (χ1n) is 13.1. The first kappa shape index (κ1) is 26.9. The van der Waals surface area contributed by atoms with Crippen LogP contribution in [0.2, 0.25) is 0 Å². The van der Waals surface area contributed by atoms with Crippen molar-refractivity contribution in [3.63, 3.8) is 0 Å². The van der Waals surface area contributed by atoms with E-state index in [0.717, 1.165) is 25.2 Å². The van der Waals surface area contributed by atoms with Gasteiger partial charge in [0.15, 0.2) is 11.6 Å². The van der Waals surface area contributed by atoms with Gasteiger partial charge in [-0.05, 0) is 68.8 Å². The Labute approximate surface area is 232 Å². The quantitative estimate of drug-likeness (QED) is 0.286. The Morgan fingerprint density at radius 2 is 1.82 bits per heavy atom. The smallest absolute Gasteiger partial charge is 0.322 e. The summed E-state index contributed by atoms with van der Waals surface area (Å²) in [4.78, 5) is 31.4. The van der Waals surface area contributed by atoms with Crippen molar-refractivity contribution in [2.75, 3.05) is 30.7 Å². The number of anilines is 2. The van der Waals surface area contributed by atoms with Crippen LogP contribution in [0.5, 0.6) is 11.8 Å². The molecule has 40 heavy (non-hydrogen) atoms. The van der Waals surface area contributed by atoms with Crippen molar-refractivity contribution in [3.05, 3.63) is 84.7 Å². The Kier molecular flexibility index (Phi) is 8.36. The zero-order valence-electron chi connectivity index (χ0n) is 22.2. The van der Waals surface area contributed by atoms with Gasteiger partial charge in [0, 0.05) is 35.8 Å². The van der Waals surface area contributed by atoms with Gasteiger partial charge in [-0.3, -0.25) is 9.69 Å². The minimum Gasteiger partial charge on any atom is -0.421 e. The summed E-state index contributed by atoms with van der Waals surface area (Å²) >= 11 is 0. The number of likely N-dealkylation sites (tertiary alicyclic amines) is 1. The first-order valence-corrected chi connectivity index (χ1v) is 13.1. The predicted octanol–water partition coefficient (Wildman–Crippen LogP) is 5.40. The maximum absolute atomic E-state index is 15.0. The second kappa shape index (κ2) is 12.4. The van der Waals surface area contributed by atoms with Gasteiger partial charge in [0.1, 0.15) is 12.1 Å². The van der Waals surface area contributed by atoms with Crippen molar-refractivity contribution >= 4 is 17.4 Å². The number of halogens is 1. The Bertz CT molecular complexity index is 1520. The van der Waals surface area contributed by atoms with Crippen LogP contribution < -0.4 is 15.8 Å². The average molecular weight is 540 g/mol. The second-order valence-electron chi connectivity index (χ2n) is 9.54. The highest BCUT2D eigenvalue weighted by atomic mass is 19.1. The van der Waals surface area contributed by atoms with Gasteiger partial charge in [-0.2, -0.15) is 0 Å². The minimum absolute atomic E-state index is 0.0172. The number of aromatic nitrogens is 4. The van der Waals surface area contributed by atoms with Crippen molar-refractivity contribution in [2.24, 2.45) is 0 Å². The lowest BCUT2D eigenvalue weighted by Crippen LogP contribution is -2.29. The number of hydrogen-bond donors (Lipinski definition) is 2. The monoisotopic (exact) mass is 539 g/mol. The van der Waals surface area contributed by atoms with E-state index in [4.69, 9.17) is 10.5 Å². The maximum atomic E-state index is 15.0. The van der Waals surface area contributed by atoms with E-state index in [0.29, 0.717) is 28.2 Å². The van der Waals surface area contributed by atoms with Crippen LogP contribution in [0.4, 0.5) is 15.9 Å². The largest absolute Gasteiger partial charge is 0.421 e. The molecule has 2 aromatic carbocycles. The molecule has 1 fully saturated rings. The number of aryl methyl sites for hydroxylation is 1. The van der Waals surface area contributed by atoms with E-state index in [1.807, 2.05) is 18.2 Å². The van der Waals surface area contributed by atoms with Gasteiger partial charge < -0.3 is 15.8 Å². The molecule has 0 spiro atoms. The molecule has 0 radical (unpaired) electrons. The Hall–Kier alpha value is -4.70. The van der Waals surface area contributed by atoms with Crippen molar-refractivity contribution in [1.82, 2.24) is 24.8 Å². The summed E-state index contributed by atoms with van der Waals surface area (Å²) in [6, 6.07) is 13.5. The summed E-state index contributed by atoms with van der Waals surface area (Å²) in [5.74, 6) is -0.610. The molecule has 1 saturated heterocycles. The van der Waals surface area contributed by atoms with Crippen LogP contribution in [0.3, 0.4) is 0 Å². The molecule has 0 atom stereocenters. The molecule has 9 nitrogen and oxygen atoms in total. The highest BCUT2D eigenvalue weighted by molar-refractivity contribution is 5.99. The number of amides is 1. The molecule has 3 N–H and O–H groups in total. The molecule has 2 aromatic heterocycles. The van der Waals surface area contributed by atoms with E-state index < -0.39 is 5.82 Å². The number of hydrogen-bond acceptors (Lipinski definition) is 8. The molecule has 0 bridgehead atoms. The second-order valence-corrected chi connectivity index (χ2v) is 9.54. The van der Waals surface area contributed by atoms with Crippen LogP contribution in [0.1, 0.15) is 25.0 Å². The molecule has 0 aliphatic carbocycles. The van der Waals surface area contributed by atoms with Crippen LogP contribution in [0, 0.1) is 12.7 Å². The molecular formula is C30H30FN7O2. The number of nitrogens with zero attached hydrogens (tertiary/aromatic N) is 5. The normalized spacial score (nSPS) is 13.8. The summed E-state index contributed by atoms with van der Waals surface area (Å²) in [5, 5.41) is 2.88. The number of rotatable bonds is 8. The van der Waals surface area contributed by atoms with E-state index in [9.17, 15) is 4.79 Å². The van der Waals surface area contributed by atoms with E-state index in [2.05, 4.69) is 30.2 Å². The van der Waals surface area contributed by atoms with Crippen LogP contribution >= 0.6 is 0 Å². The fourth-order valence-electron chi connectivity index (χ4n) is 4.56. The van der Waals surface area contributed by atoms with E-state index in [1.54, 1.807) is 43.5 Å². The van der Waals surface area contributed by atoms with Gasteiger partial charge in [-0.15, -0.1) is 0 Å². The number of nitrogen functional groups attached to an aromatic ring is 1. The predicted molar refractivity (Wildman–Crippen MR) is 152 cm³/mol. The van der Waals surface area contributed by atoms with Crippen molar-refractivity contribution in [3.8, 4) is 34.1 Å². The molecular weight excluding hydrogens is 509 g/mol. The standard InChI is InChI=1S/C30H30FN7O2/c1-20-13-14-33-30(36-20)40-25-12-9-22(18-24(25)31)27-28(34-19-35-29(27)32)21-7-10-23(11-8-21)37-26(39)6-5-17-38-15-3-2-4-16-38/h5-14,18-19H,2-4,15-17H2,1H3,(H,37,39)(H2,32,34,35)/b6-5+. The van der Waals surface area contributed by atoms with Crippen molar-refractivity contribution in [2.45, 2.75) is 26.2 Å². The van der Waals surface area contributed by atoms with Crippen LogP contribution in [0.15, 0.2) is 73.2 Å².